The van der Waals surface area contributed by atoms with Crippen molar-refractivity contribution in [1.29, 1.82) is 0 Å². The standard InChI is InChI=1S/C18H15FN2O5/c1-11(22)25-15-8-17(23)21(18(15)24)10-12-2-7-16(20-9-12)26-14-5-3-13(19)4-6-14/h2-7,9,15H,8,10H2,1H3/t15-/m0/s1. The number of hydrogen-bond donors (Lipinski definition) is 0. The van der Waals surface area contributed by atoms with Crippen molar-refractivity contribution in [3.05, 3.63) is 54.0 Å². The SMILES string of the molecule is CC(=O)O[C@H]1CC(=O)N(Cc2ccc(Oc3ccc(F)cc3)nc2)C1=O. The minimum atomic E-state index is -1.06. The highest BCUT2D eigenvalue weighted by atomic mass is 19.1. The molecule has 1 aromatic carbocycles. The van der Waals surface area contributed by atoms with E-state index in [0.717, 1.165) is 4.90 Å². The van der Waals surface area contributed by atoms with Crippen LogP contribution in [0.3, 0.4) is 0 Å². The van der Waals surface area contributed by atoms with Crippen LogP contribution in [0.4, 0.5) is 4.39 Å². The molecule has 1 aromatic heterocycles. The third kappa shape index (κ3) is 4.02. The topological polar surface area (TPSA) is 85.8 Å². The summed E-state index contributed by atoms with van der Waals surface area (Å²) in [5.74, 6) is -1.21. The van der Waals surface area contributed by atoms with Gasteiger partial charge in [-0.3, -0.25) is 19.3 Å². The summed E-state index contributed by atoms with van der Waals surface area (Å²) in [7, 11) is 0. The van der Waals surface area contributed by atoms with Crippen molar-refractivity contribution in [1.82, 2.24) is 9.88 Å². The third-order valence-corrected chi connectivity index (χ3v) is 3.69. The summed E-state index contributed by atoms with van der Waals surface area (Å²) in [6.07, 6.45) is 0.255. The van der Waals surface area contributed by atoms with Gasteiger partial charge in [0.2, 0.25) is 11.8 Å². The quantitative estimate of drug-likeness (QED) is 0.602. The molecule has 1 aliphatic rings. The first-order valence-electron chi connectivity index (χ1n) is 7.82. The Morgan fingerprint density at radius 3 is 2.58 bits per heavy atom. The van der Waals surface area contributed by atoms with E-state index in [9.17, 15) is 18.8 Å². The van der Waals surface area contributed by atoms with Crippen LogP contribution in [-0.4, -0.2) is 33.8 Å². The van der Waals surface area contributed by atoms with Crippen LogP contribution in [0.25, 0.3) is 0 Å². The molecule has 0 spiro atoms. The first-order valence-corrected chi connectivity index (χ1v) is 7.82. The summed E-state index contributed by atoms with van der Waals surface area (Å²) < 4.78 is 23.2. The third-order valence-electron chi connectivity index (χ3n) is 3.69. The first kappa shape index (κ1) is 17.5. The molecule has 2 amide bonds. The Labute approximate surface area is 148 Å². The molecular formula is C18H15FN2O5. The number of halogens is 1. The van der Waals surface area contributed by atoms with Gasteiger partial charge in [-0.05, 0) is 29.8 Å². The fraction of sp³-hybridized carbons (Fsp3) is 0.222. The predicted molar refractivity (Wildman–Crippen MR) is 86.4 cm³/mol. The average Bonchev–Trinajstić information content (AvgIpc) is 2.85. The zero-order chi connectivity index (χ0) is 18.7. The molecule has 1 atom stereocenters. The van der Waals surface area contributed by atoms with Gasteiger partial charge in [-0.2, -0.15) is 0 Å². The number of pyridine rings is 1. The number of carbonyl (C=O) groups is 3. The number of imide groups is 1. The maximum absolute atomic E-state index is 12.9. The van der Waals surface area contributed by atoms with Gasteiger partial charge >= 0.3 is 5.97 Å². The second-order valence-corrected chi connectivity index (χ2v) is 5.68. The molecule has 0 radical (unpaired) electrons. The molecule has 134 valence electrons. The molecule has 0 saturated carbocycles. The molecule has 3 rings (SSSR count). The molecule has 1 aliphatic heterocycles. The Hall–Kier alpha value is -3.29. The maximum atomic E-state index is 12.9. The van der Waals surface area contributed by atoms with Crippen molar-refractivity contribution in [3.63, 3.8) is 0 Å². The van der Waals surface area contributed by atoms with Crippen molar-refractivity contribution in [2.45, 2.75) is 26.0 Å². The van der Waals surface area contributed by atoms with Crippen molar-refractivity contribution in [2.24, 2.45) is 0 Å². The summed E-state index contributed by atoms with van der Waals surface area (Å²) in [6, 6.07) is 8.73. The van der Waals surface area contributed by atoms with Crippen LogP contribution in [0, 0.1) is 5.82 Å². The molecule has 0 unspecified atom stereocenters. The van der Waals surface area contributed by atoms with Crippen LogP contribution in [0.15, 0.2) is 42.6 Å². The minimum Gasteiger partial charge on any atom is -0.452 e. The van der Waals surface area contributed by atoms with Crippen LogP contribution in [-0.2, 0) is 25.7 Å². The van der Waals surface area contributed by atoms with E-state index in [1.165, 1.54) is 37.4 Å². The van der Waals surface area contributed by atoms with Crippen LogP contribution >= 0.6 is 0 Å². The van der Waals surface area contributed by atoms with E-state index < -0.39 is 23.9 Å². The van der Waals surface area contributed by atoms with Crippen molar-refractivity contribution >= 4 is 17.8 Å². The molecule has 2 aromatic rings. The molecule has 8 heteroatoms. The molecule has 0 N–H and O–H groups in total. The summed E-state index contributed by atoms with van der Waals surface area (Å²) >= 11 is 0. The van der Waals surface area contributed by atoms with Gasteiger partial charge in [0.05, 0.1) is 13.0 Å². The number of aromatic nitrogens is 1. The average molecular weight is 358 g/mol. The van der Waals surface area contributed by atoms with Crippen LogP contribution < -0.4 is 4.74 Å². The van der Waals surface area contributed by atoms with Crippen molar-refractivity contribution < 1.29 is 28.2 Å². The number of rotatable bonds is 5. The van der Waals surface area contributed by atoms with Gasteiger partial charge < -0.3 is 9.47 Å². The Morgan fingerprint density at radius 2 is 1.96 bits per heavy atom. The number of nitrogens with zero attached hydrogens (tertiary/aromatic N) is 2. The molecule has 2 heterocycles. The molecule has 1 fully saturated rings. The van der Waals surface area contributed by atoms with Crippen LogP contribution in [0.5, 0.6) is 11.6 Å². The van der Waals surface area contributed by atoms with Gasteiger partial charge in [0.25, 0.3) is 5.91 Å². The number of ether oxygens (including phenoxy) is 2. The second kappa shape index (κ2) is 7.30. The Kier molecular flexibility index (Phi) is 4.92. The summed E-state index contributed by atoms with van der Waals surface area (Å²) in [6.45, 7) is 1.21. The molecule has 0 bridgehead atoms. The van der Waals surface area contributed by atoms with E-state index in [0.29, 0.717) is 11.3 Å². The van der Waals surface area contributed by atoms with Gasteiger partial charge in [0.15, 0.2) is 6.10 Å². The molecule has 1 saturated heterocycles. The predicted octanol–water partition coefficient (Wildman–Crippen LogP) is 2.20. The normalized spacial score (nSPS) is 16.7. The number of esters is 1. The lowest BCUT2D eigenvalue weighted by atomic mass is 10.2. The van der Waals surface area contributed by atoms with Gasteiger partial charge in [-0.25, -0.2) is 9.37 Å². The zero-order valence-electron chi connectivity index (χ0n) is 13.8. The Morgan fingerprint density at radius 1 is 1.23 bits per heavy atom. The van der Waals surface area contributed by atoms with E-state index in [1.54, 1.807) is 12.1 Å². The van der Waals surface area contributed by atoms with Crippen LogP contribution in [0.2, 0.25) is 0 Å². The van der Waals surface area contributed by atoms with Gasteiger partial charge in [-0.15, -0.1) is 0 Å². The molecular weight excluding hydrogens is 343 g/mol. The van der Waals surface area contributed by atoms with Crippen LogP contribution in [0.1, 0.15) is 18.9 Å². The molecule has 0 aliphatic carbocycles. The number of benzene rings is 1. The number of likely N-dealkylation sites (tertiary alicyclic amines) is 1. The van der Waals surface area contributed by atoms with E-state index in [4.69, 9.17) is 9.47 Å². The highest BCUT2D eigenvalue weighted by molar-refractivity contribution is 6.05. The van der Waals surface area contributed by atoms with E-state index in [2.05, 4.69) is 4.98 Å². The Balaban J connectivity index is 1.64. The zero-order valence-corrected chi connectivity index (χ0v) is 13.8. The van der Waals surface area contributed by atoms with Crippen molar-refractivity contribution in [2.75, 3.05) is 0 Å². The molecule has 26 heavy (non-hydrogen) atoms. The van der Waals surface area contributed by atoms with Gasteiger partial charge in [0, 0.05) is 19.2 Å². The van der Waals surface area contributed by atoms with Gasteiger partial charge in [0.1, 0.15) is 11.6 Å². The highest BCUT2D eigenvalue weighted by Crippen LogP contribution is 2.22. The van der Waals surface area contributed by atoms with E-state index >= 15 is 0 Å². The fourth-order valence-corrected chi connectivity index (χ4v) is 2.48. The lowest BCUT2D eigenvalue weighted by Gasteiger charge is -2.15. The summed E-state index contributed by atoms with van der Waals surface area (Å²) in [5, 5.41) is 0. The second-order valence-electron chi connectivity index (χ2n) is 5.68. The van der Waals surface area contributed by atoms with E-state index in [-0.39, 0.29) is 24.7 Å². The lowest BCUT2D eigenvalue weighted by Crippen LogP contribution is -2.33. The minimum absolute atomic E-state index is 0.0270. The van der Waals surface area contributed by atoms with Gasteiger partial charge in [-0.1, -0.05) is 6.07 Å². The molecule has 7 nitrogen and oxygen atoms in total. The Bertz CT molecular complexity index is 836. The summed E-state index contributed by atoms with van der Waals surface area (Å²) in [5.41, 5.74) is 0.613. The number of carbonyl (C=O) groups excluding carboxylic acids is 3. The number of hydrogen-bond acceptors (Lipinski definition) is 6. The fourth-order valence-electron chi connectivity index (χ4n) is 2.48. The maximum Gasteiger partial charge on any atom is 0.303 e. The van der Waals surface area contributed by atoms with E-state index in [1.807, 2.05) is 0 Å². The highest BCUT2D eigenvalue weighted by Gasteiger charge is 2.40. The monoisotopic (exact) mass is 358 g/mol. The summed E-state index contributed by atoms with van der Waals surface area (Å²) in [4.78, 5) is 40.2. The number of amides is 2. The van der Waals surface area contributed by atoms with Crippen molar-refractivity contribution in [3.8, 4) is 11.6 Å². The lowest BCUT2D eigenvalue weighted by molar-refractivity contribution is -0.154. The largest absolute Gasteiger partial charge is 0.452 e. The smallest absolute Gasteiger partial charge is 0.303 e. The first-order chi connectivity index (χ1) is 12.4.